The second-order valence-electron chi connectivity index (χ2n) is 14.6. The zero-order valence-electron chi connectivity index (χ0n) is 33.2. The second-order valence-corrected chi connectivity index (χ2v) is 14.6. The molecule has 6 nitrogen and oxygen atoms in total. The third kappa shape index (κ3) is 41.2. The van der Waals surface area contributed by atoms with Gasteiger partial charge in [-0.05, 0) is 19.8 Å². The Hall–Kier alpha value is -1.14. The summed E-state index contributed by atoms with van der Waals surface area (Å²) in [6.07, 6.45) is 40.4. The number of rotatable bonds is 41. The van der Waals surface area contributed by atoms with Gasteiger partial charge in [0, 0.05) is 12.8 Å². The topological polar surface area (TPSA) is 71.1 Å². The maximum Gasteiger partial charge on any atom is 0.305 e. The normalized spacial score (nSPS) is 12.0. The van der Waals surface area contributed by atoms with Gasteiger partial charge in [0.25, 0.3) is 0 Å². The van der Waals surface area contributed by atoms with E-state index in [9.17, 15) is 9.59 Å². The van der Waals surface area contributed by atoms with Crippen LogP contribution in [0.3, 0.4) is 0 Å². The van der Waals surface area contributed by atoms with E-state index in [0.29, 0.717) is 32.7 Å². The zero-order valence-corrected chi connectivity index (χ0v) is 33.2. The first-order chi connectivity index (χ1) is 24.1. The fraction of sp³-hybridized carbons (Fsp3) is 0.953. The number of carbonyl (C=O) groups excluding carboxylic acids is 2. The first-order valence-electron chi connectivity index (χ1n) is 21.6. The van der Waals surface area contributed by atoms with Gasteiger partial charge >= 0.3 is 11.9 Å². The highest BCUT2D eigenvalue weighted by atomic mass is 16.6. The Morgan fingerprint density at radius 3 is 1.00 bits per heavy atom. The molecule has 0 heterocycles. The summed E-state index contributed by atoms with van der Waals surface area (Å²) in [4.78, 5) is 23.9. The summed E-state index contributed by atoms with van der Waals surface area (Å²) in [7, 11) is 0. The van der Waals surface area contributed by atoms with Crippen LogP contribution in [0.25, 0.3) is 0 Å². The lowest BCUT2D eigenvalue weighted by Crippen LogP contribution is -2.21. The fourth-order valence-electron chi connectivity index (χ4n) is 6.34. The Balaban J connectivity index is 3.33. The molecule has 1 atom stereocenters. The summed E-state index contributed by atoms with van der Waals surface area (Å²) in [5, 5.41) is 0. The highest BCUT2D eigenvalue weighted by Crippen LogP contribution is 2.15. The monoisotopic (exact) mass is 697 g/mol. The fourth-order valence-corrected chi connectivity index (χ4v) is 6.34. The molecular formula is C43H84O6. The lowest BCUT2D eigenvalue weighted by Gasteiger charge is -2.14. The molecule has 0 radical (unpaired) electrons. The molecule has 0 aromatic heterocycles. The van der Waals surface area contributed by atoms with Crippen LogP contribution < -0.4 is 0 Å². The van der Waals surface area contributed by atoms with Gasteiger partial charge in [-0.1, -0.05) is 194 Å². The van der Waals surface area contributed by atoms with Crippen LogP contribution in [0.5, 0.6) is 0 Å². The Morgan fingerprint density at radius 1 is 0.388 bits per heavy atom. The number of ether oxygens (including phenoxy) is 4. The van der Waals surface area contributed by atoms with Gasteiger partial charge in [-0.25, -0.2) is 0 Å². The minimum absolute atomic E-state index is 0.106. The predicted octanol–water partition coefficient (Wildman–Crippen LogP) is 13.0. The Morgan fingerprint density at radius 2 is 0.673 bits per heavy atom. The van der Waals surface area contributed by atoms with E-state index in [1.54, 1.807) is 0 Å². The lowest BCUT2D eigenvalue weighted by atomic mass is 10.0. The third-order valence-electron chi connectivity index (χ3n) is 9.56. The first-order valence-corrected chi connectivity index (χ1v) is 21.6. The quantitative estimate of drug-likeness (QED) is 0.0468. The van der Waals surface area contributed by atoms with Crippen molar-refractivity contribution in [3.05, 3.63) is 0 Å². The van der Waals surface area contributed by atoms with E-state index in [1.807, 2.05) is 6.92 Å². The van der Waals surface area contributed by atoms with Gasteiger partial charge in [-0.3, -0.25) is 9.59 Å². The summed E-state index contributed by atoms with van der Waals surface area (Å²) < 4.78 is 21.9. The number of unbranched alkanes of at least 4 members (excludes halogenated alkanes) is 28. The molecule has 0 bridgehead atoms. The molecule has 0 aromatic rings. The van der Waals surface area contributed by atoms with Crippen LogP contribution in [-0.4, -0.2) is 51.1 Å². The van der Waals surface area contributed by atoms with E-state index in [-0.39, 0.29) is 31.3 Å². The van der Waals surface area contributed by atoms with Crippen molar-refractivity contribution in [2.75, 3.05) is 33.0 Å². The van der Waals surface area contributed by atoms with Crippen molar-refractivity contribution in [1.82, 2.24) is 0 Å². The average molecular weight is 697 g/mol. The van der Waals surface area contributed by atoms with Crippen LogP contribution in [-0.2, 0) is 28.5 Å². The van der Waals surface area contributed by atoms with Crippen LogP contribution >= 0.6 is 0 Å². The zero-order chi connectivity index (χ0) is 35.7. The van der Waals surface area contributed by atoms with Gasteiger partial charge in [-0.2, -0.15) is 0 Å². The molecule has 0 aliphatic carbocycles. The molecule has 0 N–H and O–H groups in total. The van der Waals surface area contributed by atoms with E-state index in [4.69, 9.17) is 18.9 Å². The van der Waals surface area contributed by atoms with Crippen molar-refractivity contribution in [3.63, 3.8) is 0 Å². The number of esters is 2. The maximum absolute atomic E-state index is 12.0. The SMILES string of the molecule is CCCCCCCCCCCCCCCCCC(=O)OCCOCC(C)OCCOC(=O)CCCCCCCCCCCCCCCCC. The van der Waals surface area contributed by atoms with Crippen LogP contribution in [0.2, 0.25) is 0 Å². The molecule has 0 fully saturated rings. The Labute approximate surface area is 305 Å². The summed E-state index contributed by atoms with van der Waals surface area (Å²) in [6, 6.07) is 0. The van der Waals surface area contributed by atoms with Crippen molar-refractivity contribution in [2.45, 2.75) is 232 Å². The molecule has 0 aromatic carbocycles. The van der Waals surface area contributed by atoms with Gasteiger partial charge in [0.2, 0.25) is 0 Å². The molecule has 1 unspecified atom stereocenters. The van der Waals surface area contributed by atoms with E-state index in [0.717, 1.165) is 25.7 Å². The molecule has 0 aliphatic rings. The minimum atomic E-state index is -0.131. The third-order valence-corrected chi connectivity index (χ3v) is 9.56. The van der Waals surface area contributed by atoms with Crippen LogP contribution in [0.15, 0.2) is 0 Å². The van der Waals surface area contributed by atoms with Crippen molar-refractivity contribution in [2.24, 2.45) is 0 Å². The molecule has 0 rings (SSSR count). The van der Waals surface area contributed by atoms with Gasteiger partial charge in [0.1, 0.15) is 13.2 Å². The van der Waals surface area contributed by atoms with Crippen molar-refractivity contribution in [1.29, 1.82) is 0 Å². The molecule has 0 saturated heterocycles. The van der Waals surface area contributed by atoms with E-state index >= 15 is 0 Å². The Kier molecular flexibility index (Phi) is 40.3. The van der Waals surface area contributed by atoms with Crippen molar-refractivity contribution in [3.8, 4) is 0 Å². The van der Waals surface area contributed by atoms with E-state index in [1.165, 1.54) is 167 Å². The van der Waals surface area contributed by atoms with Crippen LogP contribution in [0.1, 0.15) is 226 Å². The summed E-state index contributed by atoms with van der Waals surface area (Å²) in [5.74, 6) is -0.262. The van der Waals surface area contributed by atoms with E-state index < -0.39 is 0 Å². The predicted molar refractivity (Wildman–Crippen MR) is 207 cm³/mol. The van der Waals surface area contributed by atoms with E-state index in [2.05, 4.69) is 13.8 Å². The smallest absolute Gasteiger partial charge is 0.305 e. The first kappa shape index (κ1) is 47.9. The number of hydrogen-bond acceptors (Lipinski definition) is 6. The Bertz CT molecular complexity index is 669. The molecule has 49 heavy (non-hydrogen) atoms. The molecular weight excluding hydrogens is 612 g/mol. The average Bonchev–Trinajstić information content (AvgIpc) is 3.10. The second kappa shape index (κ2) is 41.3. The molecule has 0 saturated carbocycles. The summed E-state index contributed by atoms with van der Waals surface area (Å²) >= 11 is 0. The molecule has 292 valence electrons. The standard InChI is InChI=1S/C43H84O6/c1-4-6-8-10-12-14-16-18-20-22-24-26-28-30-32-34-42(44)48-37-36-46-40-41(3)47-38-39-49-43(45)35-33-31-29-27-25-23-21-19-17-15-13-11-9-7-5-2/h41H,4-40H2,1-3H3. The van der Waals surface area contributed by atoms with Crippen LogP contribution in [0, 0.1) is 0 Å². The largest absolute Gasteiger partial charge is 0.463 e. The van der Waals surface area contributed by atoms with Gasteiger partial charge in [0.15, 0.2) is 0 Å². The summed E-state index contributed by atoms with van der Waals surface area (Å²) in [5.41, 5.74) is 0. The van der Waals surface area contributed by atoms with Crippen molar-refractivity contribution >= 4 is 11.9 Å². The number of carbonyl (C=O) groups is 2. The molecule has 0 amide bonds. The van der Waals surface area contributed by atoms with Gasteiger partial charge in [-0.15, -0.1) is 0 Å². The van der Waals surface area contributed by atoms with Gasteiger partial charge < -0.3 is 18.9 Å². The highest BCUT2D eigenvalue weighted by Gasteiger charge is 2.07. The maximum atomic E-state index is 12.0. The van der Waals surface area contributed by atoms with Crippen molar-refractivity contribution < 1.29 is 28.5 Å². The summed E-state index contributed by atoms with van der Waals surface area (Å²) in [6.45, 7) is 8.19. The molecule has 0 aliphatic heterocycles. The minimum Gasteiger partial charge on any atom is -0.463 e. The highest BCUT2D eigenvalue weighted by molar-refractivity contribution is 5.69. The van der Waals surface area contributed by atoms with Gasteiger partial charge in [0.05, 0.1) is 25.9 Å². The lowest BCUT2D eigenvalue weighted by molar-refractivity contribution is -0.148. The molecule has 0 spiro atoms. The number of hydrogen-bond donors (Lipinski definition) is 0. The van der Waals surface area contributed by atoms with Crippen LogP contribution in [0.4, 0.5) is 0 Å². The molecule has 6 heteroatoms.